The standard InChI is InChI=1S/C11H16O6/c1-16-10(14)7-3-6(9(12)13)4-8(5-7)11(15)17-2/h6-8H,3-5H2,1-2H3,(H,12,13)/t6?,7-,8+. The average molecular weight is 244 g/mol. The van der Waals surface area contributed by atoms with E-state index < -0.39 is 35.7 Å². The highest BCUT2D eigenvalue weighted by atomic mass is 16.5. The predicted octanol–water partition coefficient (Wildman–Crippen LogP) is 0.449. The summed E-state index contributed by atoms with van der Waals surface area (Å²) < 4.78 is 9.19. The molecule has 6 heteroatoms. The number of carboxylic acids is 1. The van der Waals surface area contributed by atoms with Gasteiger partial charge in [0.2, 0.25) is 0 Å². The zero-order chi connectivity index (χ0) is 13.0. The summed E-state index contributed by atoms with van der Waals surface area (Å²) in [6, 6.07) is 0. The highest BCUT2D eigenvalue weighted by Gasteiger charge is 2.39. The lowest BCUT2D eigenvalue weighted by molar-refractivity contribution is -0.156. The second-order valence-electron chi connectivity index (χ2n) is 4.18. The number of rotatable bonds is 3. The van der Waals surface area contributed by atoms with E-state index in [1.54, 1.807) is 0 Å². The van der Waals surface area contributed by atoms with E-state index in [9.17, 15) is 14.4 Å². The molecule has 1 fully saturated rings. The van der Waals surface area contributed by atoms with Crippen LogP contribution in [0.4, 0.5) is 0 Å². The van der Waals surface area contributed by atoms with E-state index in [0.29, 0.717) is 6.42 Å². The molecule has 1 unspecified atom stereocenters. The van der Waals surface area contributed by atoms with Crippen molar-refractivity contribution in [1.82, 2.24) is 0 Å². The third kappa shape index (κ3) is 3.18. The van der Waals surface area contributed by atoms with Crippen LogP contribution in [0, 0.1) is 17.8 Å². The lowest BCUT2D eigenvalue weighted by Gasteiger charge is -2.29. The van der Waals surface area contributed by atoms with Gasteiger partial charge in [-0.2, -0.15) is 0 Å². The molecular weight excluding hydrogens is 228 g/mol. The van der Waals surface area contributed by atoms with Crippen molar-refractivity contribution < 1.29 is 29.0 Å². The van der Waals surface area contributed by atoms with Crippen LogP contribution in [0.3, 0.4) is 0 Å². The fourth-order valence-corrected chi connectivity index (χ4v) is 2.24. The summed E-state index contributed by atoms with van der Waals surface area (Å²) in [4.78, 5) is 33.8. The lowest BCUT2D eigenvalue weighted by Crippen LogP contribution is -2.35. The summed E-state index contributed by atoms with van der Waals surface area (Å²) in [6.45, 7) is 0. The fraction of sp³-hybridized carbons (Fsp3) is 0.727. The van der Waals surface area contributed by atoms with Crippen molar-refractivity contribution >= 4 is 17.9 Å². The van der Waals surface area contributed by atoms with Gasteiger partial charge in [-0.25, -0.2) is 0 Å². The van der Waals surface area contributed by atoms with Crippen molar-refractivity contribution in [3.63, 3.8) is 0 Å². The Morgan fingerprint density at radius 2 is 1.24 bits per heavy atom. The number of carbonyl (C=O) groups is 3. The Morgan fingerprint density at radius 1 is 0.882 bits per heavy atom. The third-order valence-corrected chi connectivity index (χ3v) is 3.13. The molecule has 1 rings (SSSR count). The van der Waals surface area contributed by atoms with Gasteiger partial charge in [-0.1, -0.05) is 0 Å². The maximum Gasteiger partial charge on any atom is 0.308 e. The largest absolute Gasteiger partial charge is 0.481 e. The first-order valence-electron chi connectivity index (χ1n) is 5.38. The first-order chi connectivity index (χ1) is 7.99. The molecule has 0 saturated heterocycles. The Hall–Kier alpha value is -1.59. The number of hydrogen-bond donors (Lipinski definition) is 1. The lowest BCUT2D eigenvalue weighted by atomic mass is 9.75. The van der Waals surface area contributed by atoms with Crippen molar-refractivity contribution in [2.24, 2.45) is 17.8 Å². The van der Waals surface area contributed by atoms with Crippen molar-refractivity contribution in [2.45, 2.75) is 19.3 Å². The van der Waals surface area contributed by atoms with Gasteiger partial charge in [-0.3, -0.25) is 14.4 Å². The second kappa shape index (κ2) is 5.65. The number of methoxy groups -OCH3 is 2. The Morgan fingerprint density at radius 3 is 1.53 bits per heavy atom. The molecule has 0 aliphatic heterocycles. The van der Waals surface area contributed by atoms with Crippen LogP contribution in [-0.4, -0.2) is 37.2 Å². The Labute approximate surface area is 98.9 Å². The number of carboxylic acid groups (broad SMARTS) is 1. The average Bonchev–Trinajstić information content (AvgIpc) is 2.36. The summed E-state index contributed by atoms with van der Waals surface area (Å²) >= 11 is 0. The first kappa shape index (κ1) is 13.5. The summed E-state index contributed by atoms with van der Waals surface area (Å²) in [5, 5.41) is 8.98. The van der Waals surface area contributed by atoms with Crippen LogP contribution in [0.25, 0.3) is 0 Å². The molecule has 1 saturated carbocycles. The molecule has 0 bridgehead atoms. The topological polar surface area (TPSA) is 89.9 Å². The normalized spacial score (nSPS) is 28.2. The van der Waals surface area contributed by atoms with Crippen molar-refractivity contribution in [2.75, 3.05) is 14.2 Å². The molecule has 17 heavy (non-hydrogen) atoms. The van der Waals surface area contributed by atoms with Crippen LogP contribution in [0.15, 0.2) is 0 Å². The number of ether oxygens (including phenoxy) is 2. The van der Waals surface area contributed by atoms with Crippen LogP contribution in [-0.2, 0) is 23.9 Å². The molecule has 0 amide bonds. The van der Waals surface area contributed by atoms with Crippen molar-refractivity contribution in [3.8, 4) is 0 Å². The fourth-order valence-electron chi connectivity index (χ4n) is 2.24. The summed E-state index contributed by atoms with van der Waals surface area (Å²) in [5.41, 5.74) is 0. The molecule has 0 aromatic heterocycles. The molecule has 1 aliphatic carbocycles. The minimum absolute atomic E-state index is 0.218. The minimum Gasteiger partial charge on any atom is -0.481 e. The van der Waals surface area contributed by atoms with E-state index in [-0.39, 0.29) is 12.8 Å². The van der Waals surface area contributed by atoms with Gasteiger partial charge in [0.15, 0.2) is 0 Å². The molecule has 0 heterocycles. The smallest absolute Gasteiger partial charge is 0.308 e. The van der Waals surface area contributed by atoms with Gasteiger partial charge in [0.1, 0.15) is 0 Å². The predicted molar refractivity (Wildman–Crippen MR) is 56.0 cm³/mol. The molecule has 1 aliphatic rings. The van der Waals surface area contributed by atoms with Crippen molar-refractivity contribution in [1.29, 1.82) is 0 Å². The summed E-state index contributed by atoms with van der Waals surface area (Å²) in [6.07, 6.45) is 0.730. The van der Waals surface area contributed by atoms with Gasteiger partial charge in [-0.05, 0) is 19.3 Å². The minimum atomic E-state index is -0.993. The van der Waals surface area contributed by atoms with E-state index in [1.165, 1.54) is 14.2 Å². The Kier molecular flexibility index (Phi) is 4.48. The van der Waals surface area contributed by atoms with Crippen LogP contribution in [0.2, 0.25) is 0 Å². The molecule has 0 aromatic rings. The van der Waals surface area contributed by atoms with Crippen LogP contribution < -0.4 is 0 Å². The molecule has 0 aromatic carbocycles. The van der Waals surface area contributed by atoms with E-state index >= 15 is 0 Å². The molecule has 6 nitrogen and oxygen atoms in total. The van der Waals surface area contributed by atoms with Crippen LogP contribution >= 0.6 is 0 Å². The van der Waals surface area contributed by atoms with E-state index in [2.05, 4.69) is 9.47 Å². The number of carbonyl (C=O) groups excluding carboxylic acids is 2. The maximum absolute atomic E-state index is 11.4. The van der Waals surface area contributed by atoms with Crippen LogP contribution in [0.5, 0.6) is 0 Å². The second-order valence-corrected chi connectivity index (χ2v) is 4.18. The van der Waals surface area contributed by atoms with E-state index in [4.69, 9.17) is 5.11 Å². The first-order valence-corrected chi connectivity index (χ1v) is 5.38. The maximum atomic E-state index is 11.4. The summed E-state index contributed by atoms with van der Waals surface area (Å²) in [5.74, 6) is -3.71. The van der Waals surface area contributed by atoms with Crippen LogP contribution in [0.1, 0.15) is 19.3 Å². The third-order valence-electron chi connectivity index (χ3n) is 3.13. The van der Waals surface area contributed by atoms with Gasteiger partial charge in [0, 0.05) is 0 Å². The highest BCUT2D eigenvalue weighted by Crippen LogP contribution is 2.34. The van der Waals surface area contributed by atoms with Gasteiger partial charge < -0.3 is 14.6 Å². The van der Waals surface area contributed by atoms with Gasteiger partial charge in [0.25, 0.3) is 0 Å². The zero-order valence-electron chi connectivity index (χ0n) is 9.84. The van der Waals surface area contributed by atoms with E-state index in [0.717, 1.165) is 0 Å². The monoisotopic (exact) mass is 244 g/mol. The Balaban J connectivity index is 2.79. The zero-order valence-corrected chi connectivity index (χ0v) is 9.84. The van der Waals surface area contributed by atoms with E-state index in [1.807, 2.05) is 0 Å². The van der Waals surface area contributed by atoms with Gasteiger partial charge in [0.05, 0.1) is 32.0 Å². The molecule has 96 valence electrons. The number of esters is 2. The molecule has 0 radical (unpaired) electrons. The SMILES string of the molecule is COC(=O)[C@@H]1CC(C(=O)O)C[C@H](C(=O)OC)C1. The molecule has 0 spiro atoms. The Bertz CT molecular complexity index is 300. The number of aliphatic carboxylic acids is 1. The molecule has 3 atom stereocenters. The molecule has 1 N–H and O–H groups in total. The molecular formula is C11H16O6. The quantitative estimate of drug-likeness (QED) is 0.725. The summed E-state index contributed by atoms with van der Waals surface area (Å²) in [7, 11) is 2.50. The van der Waals surface area contributed by atoms with Gasteiger partial charge >= 0.3 is 17.9 Å². The highest BCUT2D eigenvalue weighted by molar-refractivity contribution is 5.79. The van der Waals surface area contributed by atoms with Crippen molar-refractivity contribution in [3.05, 3.63) is 0 Å². The van der Waals surface area contributed by atoms with Gasteiger partial charge in [-0.15, -0.1) is 0 Å². The number of hydrogen-bond acceptors (Lipinski definition) is 5.